The average molecular weight is 490 g/mol. The van der Waals surface area contributed by atoms with Crippen LogP contribution in [0.3, 0.4) is 0 Å². The van der Waals surface area contributed by atoms with E-state index >= 15 is 0 Å². The quantitative estimate of drug-likeness (QED) is 0.389. The number of carbonyl (C=O) groups excluding carboxylic acids is 2. The van der Waals surface area contributed by atoms with Gasteiger partial charge in [0.2, 0.25) is 5.91 Å². The second kappa shape index (κ2) is 11.2. The van der Waals surface area contributed by atoms with Crippen LogP contribution >= 0.6 is 0 Å². The summed E-state index contributed by atoms with van der Waals surface area (Å²) in [6.45, 7) is 11.8. The molecule has 0 saturated carbocycles. The normalized spacial score (nSPS) is 21.1. The average Bonchev–Trinajstić information content (AvgIpc) is 3.35. The van der Waals surface area contributed by atoms with Crippen LogP contribution in [0.15, 0.2) is 24.3 Å². The van der Waals surface area contributed by atoms with Crippen LogP contribution < -0.4 is 4.90 Å². The monoisotopic (exact) mass is 489 g/mol. The third kappa shape index (κ3) is 6.59. The third-order valence-electron chi connectivity index (χ3n) is 6.84. The number of benzene rings is 1. The fraction of sp³-hybridized carbons (Fsp3) is 0.680. The lowest BCUT2D eigenvalue weighted by Crippen LogP contribution is -2.52. The summed E-state index contributed by atoms with van der Waals surface area (Å²) in [4.78, 5) is 30.8. The summed E-state index contributed by atoms with van der Waals surface area (Å²) in [7, 11) is -1.21. The molecule has 8 nitrogen and oxygen atoms in total. The van der Waals surface area contributed by atoms with Gasteiger partial charge in [-0.15, -0.1) is 0 Å². The number of hydrogen-bond acceptors (Lipinski definition) is 6. The number of ether oxygens (including phenoxy) is 3. The van der Waals surface area contributed by atoms with Crippen LogP contribution in [0.2, 0.25) is 25.7 Å². The minimum Gasteiger partial charge on any atom is -0.372 e. The number of imide groups is 1. The first-order valence-corrected chi connectivity index (χ1v) is 16.2. The molecule has 1 aromatic rings. The van der Waals surface area contributed by atoms with Gasteiger partial charge in [0.1, 0.15) is 6.73 Å². The fourth-order valence-electron chi connectivity index (χ4n) is 4.70. The predicted molar refractivity (Wildman–Crippen MR) is 133 cm³/mol. The van der Waals surface area contributed by atoms with E-state index < -0.39 is 8.07 Å². The van der Waals surface area contributed by atoms with Crippen molar-refractivity contribution in [2.75, 3.05) is 51.1 Å². The maximum atomic E-state index is 13.0. The largest absolute Gasteiger partial charge is 0.372 e. The van der Waals surface area contributed by atoms with Crippen molar-refractivity contribution in [3.05, 3.63) is 29.8 Å². The third-order valence-corrected chi connectivity index (χ3v) is 8.54. The van der Waals surface area contributed by atoms with Crippen LogP contribution in [0, 0.1) is 5.92 Å². The molecule has 0 atom stereocenters. The smallest absolute Gasteiger partial charge is 0.328 e. The molecule has 4 rings (SSSR count). The summed E-state index contributed by atoms with van der Waals surface area (Å²) in [5.74, 6) is 0.311. The molecule has 1 aromatic carbocycles. The molecule has 0 spiro atoms. The van der Waals surface area contributed by atoms with Crippen LogP contribution in [0.1, 0.15) is 24.8 Å². The molecule has 3 fully saturated rings. The molecule has 3 aliphatic heterocycles. The standard InChI is InChI=1S/C25H39N3O5Si/c1-34(2,3)16-15-31-19-28-23(29)9-12-27(25(28)30)18-20-5-4-6-22(17-20)26-10-7-21(8-11-26)24-32-13-14-33-24/h4-6,17,21,24H,7-16,18-19H2,1-3H3. The summed E-state index contributed by atoms with van der Waals surface area (Å²) < 4.78 is 17.1. The van der Waals surface area contributed by atoms with Crippen molar-refractivity contribution in [1.29, 1.82) is 0 Å². The van der Waals surface area contributed by atoms with Gasteiger partial charge in [-0.3, -0.25) is 4.79 Å². The van der Waals surface area contributed by atoms with Crippen molar-refractivity contribution >= 4 is 25.7 Å². The Labute approximate surface area is 204 Å². The number of rotatable bonds is 9. The first kappa shape index (κ1) is 25.2. The van der Waals surface area contributed by atoms with E-state index in [2.05, 4.69) is 48.8 Å². The van der Waals surface area contributed by atoms with Crippen LogP contribution in [-0.2, 0) is 25.5 Å². The van der Waals surface area contributed by atoms with Gasteiger partial charge in [-0.25, -0.2) is 9.69 Å². The van der Waals surface area contributed by atoms with E-state index in [-0.39, 0.29) is 25.0 Å². The molecule has 0 bridgehead atoms. The Morgan fingerprint density at radius 3 is 2.50 bits per heavy atom. The highest BCUT2D eigenvalue weighted by Gasteiger charge is 2.33. The lowest BCUT2D eigenvalue weighted by molar-refractivity contribution is -0.135. The van der Waals surface area contributed by atoms with Gasteiger partial charge in [-0.05, 0) is 36.6 Å². The molecule has 188 valence electrons. The lowest BCUT2D eigenvalue weighted by atomic mass is 9.95. The van der Waals surface area contributed by atoms with Gasteiger partial charge in [-0.2, -0.15) is 0 Å². The molecule has 3 saturated heterocycles. The molecule has 0 unspecified atom stereocenters. The second-order valence-electron chi connectivity index (χ2n) is 10.7. The Balaban J connectivity index is 1.30. The minimum absolute atomic E-state index is 0.0382. The molecule has 3 aliphatic rings. The van der Waals surface area contributed by atoms with Gasteiger partial charge in [0.25, 0.3) is 0 Å². The van der Waals surface area contributed by atoms with E-state index in [1.54, 1.807) is 4.90 Å². The van der Waals surface area contributed by atoms with Crippen LogP contribution in [0.25, 0.3) is 0 Å². The molecule has 0 radical (unpaired) electrons. The SMILES string of the molecule is C[Si](C)(C)CCOCN1C(=O)CCN(Cc2cccc(N3CCC(C4OCCO4)CC3)c2)C1=O. The van der Waals surface area contributed by atoms with Crippen molar-refractivity contribution in [1.82, 2.24) is 9.80 Å². The summed E-state index contributed by atoms with van der Waals surface area (Å²) in [6.07, 6.45) is 2.40. The molecule has 3 amide bonds. The number of hydrogen-bond donors (Lipinski definition) is 0. The van der Waals surface area contributed by atoms with E-state index in [4.69, 9.17) is 14.2 Å². The summed E-state index contributed by atoms with van der Waals surface area (Å²) >= 11 is 0. The Morgan fingerprint density at radius 1 is 1.06 bits per heavy atom. The maximum Gasteiger partial charge on any atom is 0.328 e. The van der Waals surface area contributed by atoms with Crippen molar-refractivity contribution < 1.29 is 23.8 Å². The number of nitrogens with zero attached hydrogens (tertiary/aromatic N) is 3. The fourth-order valence-corrected chi connectivity index (χ4v) is 5.45. The van der Waals surface area contributed by atoms with Crippen molar-refractivity contribution in [3.63, 3.8) is 0 Å². The van der Waals surface area contributed by atoms with Crippen molar-refractivity contribution in [3.8, 4) is 0 Å². The lowest BCUT2D eigenvalue weighted by Gasteiger charge is -2.36. The number of urea groups is 1. The zero-order valence-corrected chi connectivity index (χ0v) is 21.8. The molecular formula is C25H39N3O5Si. The topological polar surface area (TPSA) is 71.6 Å². The zero-order valence-electron chi connectivity index (χ0n) is 20.8. The first-order chi connectivity index (χ1) is 16.3. The molecule has 0 aliphatic carbocycles. The van der Waals surface area contributed by atoms with E-state index in [0.29, 0.717) is 45.2 Å². The highest BCUT2D eigenvalue weighted by atomic mass is 28.3. The molecular weight excluding hydrogens is 450 g/mol. The van der Waals surface area contributed by atoms with Crippen LogP contribution in [-0.4, -0.2) is 82.3 Å². The Hall–Kier alpha value is -1.94. The van der Waals surface area contributed by atoms with Gasteiger partial charge in [0.05, 0.1) is 13.2 Å². The molecule has 0 aromatic heterocycles. The van der Waals surface area contributed by atoms with Gasteiger partial charge in [-0.1, -0.05) is 31.8 Å². The van der Waals surface area contributed by atoms with E-state index in [1.165, 1.54) is 10.6 Å². The van der Waals surface area contributed by atoms with Crippen LogP contribution in [0.5, 0.6) is 0 Å². The Bertz CT molecular complexity index is 847. The molecule has 3 heterocycles. The number of carbonyl (C=O) groups is 2. The number of amides is 3. The summed E-state index contributed by atoms with van der Waals surface area (Å²) in [5, 5.41) is 0. The maximum absolute atomic E-state index is 13.0. The van der Waals surface area contributed by atoms with Gasteiger partial charge < -0.3 is 24.0 Å². The van der Waals surface area contributed by atoms with Crippen molar-refractivity contribution in [2.24, 2.45) is 5.92 Å². The zero-order chi connectivity index (χ0) is 24.1. The van der Waals surface area contributed by atoms with Gasteiger partial charge >= 0.3 is 6.03 Å². The van der Waals surface area contributed by atoms with Gasteiger partial charge in [0.15, 0.2) is 6.29 Å². The predicted octanol–water partition coefficient (Wildman–Crippen LogP) is 3.74. The van der Waals surface area contributed by atoms with E-state index in [0.717, 1.165) is 37.5 Å². The first-order valence-electron chi connectivity index (χ1n) is 12.5. The highest BCUT2D eigenvalue weighted by molar-refractivity contribution is 6.76. The van der Waals surface area contributed by atoms with Crippen molar-refractivity contribution in [2.45, 2.75) is 57.8 Å². The number of piperidine rings is 1. The summed E-state index contributed by atoms with van der Waals surface area (Å²) in [5.41, 5.74) is 2.25. The minimum atomic E-state index is -1.21. The van der Waals surface area contributed by atoms with E-state index in [1.807, 2.05) is 0 Å². The summed E-state index contributed by atoms with van der Waals surface area (Å²) in [6, 6.07) is 9.16. The molecule has 9 heteroatoms. The Kier molecular flexibility index (Phi) is 8.29. The van der Waals surface area contributed by atoms with E-state index in [9.17, 15) is 9.59 Å². The molecule has 34 heavy (non-hydrogen) atoms. The van der Waals surface area contributed by atoms with Crippen LogP contribution in [0.4, 0.5) is 10.5 Å². The number of anilines is 1. The van der Waals surface area contributed by atoms with Gasteiger partial charge in [0, 0.05) is 58.9 Å². The molecule has 0 N–H and O–H groups in total. The second-order valence-corrected chi connectivity index (χ2v) is 16.3. The highest BCUT2D eigenvalue weighted by Crippen LogP contribution is 2.29. The Morgan fingerprint density at radius 2 is 1.79 bits per heavy atom.